The second-order valence-corrected chi connectivity index (χ2v) is 7.09. The number of ether oxygens (including phenoxy) is 1. The first kappa shape index (κ1) is 19.2. The quantitative estimate of drug-likeness (QED) is 0.473. The summed E-state index contributed by atoms with van der Waals surface area (Å²) in [6.45, 7) is 0.390. The molecule has 5 nitrogen and oxygen atoms in total. The molecule has 0 atom stereocenters. The summed E-state index contributed by atoms with van der Waals surface area (Å²) in [7, 11) is 0. The topological polar surface area (TPSA) is 67.9 Å². The highest BCUT2D eigenvalue weighted by Gasteiger charge is 2.08. The van der Waals surface area contributed by atoms with Crippen molar-refractivity contribution in [2.45, 2.75) is 6.61 Å². The average Bonchev–Trinajstić information content (AvgIpc) is 2.73. The lowest BCUT2D eigenvalue weighted by atomic mass is 10.2. The summed E-state index contributed by atoms with van der Waals surface area (Å²) >= 11 is 12.4. The van der Waals surface area contributed by atoms with Crippen LogP contribution >= 0.6 is 23.2 Å². The van der Waals surface area contributed by atoms with Gasteiger partial charge in [-0.15, -0.1) is 0 Å². The third-order valence-corrected chi connectivity index (χ3v) is 4.70. The van der Waals surface area contributed by atoms with E-state index in [1.165, 1.54) is 0 Å². The summed E-state index contributed by atoms with van der Waals surface area (Å²) in [5.74, 6) is 0.998. The Kier molecular flexibility index (Phi) is 5.60. The fourth-order valence-electron chi connectivity index (χ4n) is 2.74. The second kappa shape index (κ2) is 8.47. The summed E-state index contributed by atoms with van der Waals surface area (Å²) in [5, 5.41) is 1.27. The Bertz CT molecular complexity index is 1240. The monoisotopic (exact) mass is 423 g/mol. The molecule has 1 N–H and O–H groups in total. The van der Waals surface area contributed by atoms with Gasteiger partial charge in [0.05, 0.1) is 21.6 Å². The van der Waals surface area contributed by atoms with Crippen LogP contribution in [0.2, 0.25) is 5.02 Å². The van der Waals surface area contributed by atoms with Crippen molar-refractivity contribution in [1.82, 2.24) is 15.0 Å². The molecule has 0 aliphatic heterocycles. The van der Waals surface area contributed by atoms with Gasteiger partial charge >= 0.3 is 0 Å². The number of rotatable bonds is 5. The summed E-state index contributed by atoms with van der Waals surface area (Å²) < 4.78 is 5.72. The molecule has 0 amide bonds. The number of halogens is 2. The van der Waals surface area contributed by atoms with Gasteiger partial charge in [-0.1, -0.05) is 41.4 Å². The molecule has 144 valence electrons. The van der Waals surface area contributed by atoms with E-state index < -0.39 is 0 Å². The van der Waals surface area contributed by atoms with Crippen LogP contribution in [0.3, 0.4) is 0 Å². The maximum absolute atomic E-state index is 12.3. The third kappa shape index (κ3) is 4.65. The molecular formula is C22H15Cl2N3O2. The first-order valence-electron chi connectivity index (χ1n) is 8.78. The molecule has 0 spiro atoms. The molecule has 4 rings (SSSR count). The van der Waals surface area contributed by atoms with Crippen LogP contribution in [-0.4, -0.2) is 15.0 Å². The summed E-state index contributed by atoms with van der Waals surface area (Å²) in [6.07, 6.45) is 3.45. The number of nitrogens with one attached hydrogen (secondary N) is 1. The van der Waals surface area contributed by atoms with Crippen LogP contribution in [0.4, 0.5) is 0 Å². The van der Waals surface area contributed by atoms with E-state index in [1.54, 1.807) is 30.5 Å². The molecule has 29 heavy (non-hydrogen) atoms. The molecule has 0 saturated carbocycles. The van der Waals surface area contributed by atoms with Gasteiger partial charge in [-0.2, -0.15) is 0 Å². The lowest BCUT2D eigenvalue weighted by molar-refractivity contribution is 0.301. The fourth-order valence-corrected chi connectivity index (χ4v) is 3.12. The van der Waals surface area contributed by atoms with Crippen LogP contribution in [0.1, 0.15) is 17.1 Å². The number of fused-ring (bicyclic) bond motifs is 1. The van der Waals surface area contributed by atoms with Crippen LogP contribution in [0.25, 0.3) is 22.0 Å². The second-order valence-electron chi connectivity index (χ2n) is 6.25. The SMILES string of the molecule is O=c1[nH]c(/C(Cl)=C\c2ccc(OCc3ccccn3)cc2)nc2cc(Cl)ccc12. The van der Waals surface area contributed by atoms with Crippen LogP contribution in [0.5, 0.6) is 5.75 Å². The maximum Gasteiger partial charge on any atom is 0.259 e. The van der Waals surface area contributed by atoms with Gasteiger partial charge in [-0.3, -0.25) is 9.78 Å². The highest BCUT2D eigenvalue weighted by Crippen LogP contribution is 2.22. The largest absolute Gasteiger partial charge is 0.487 e. The molecule has 0 radical (unpaired) electrons. The van der Waals surface area contributed by atoms with Crippen molar-refractivity contribution in [2.24, 2.45) is 0 Å². The molecule has 2 aromatic heterocycles. The van der Waals surface area contributed by atoms with E-state index in [0.717, 1.165) is 17.0 Å². The molecular weight excluding hydrogens is 409 g/mol. The Morgan fingerprint density at radius 3 is 2.69 bits per heavy atom. The highest BCUT2D eigenvalue weighted by atomic mass is 35.5. The van der Waals surface area contributed by atoms with Gasteiger partial charge in [0, 0.05) is 11.2 Å². The molecule has 7 heteroatoms. The lowest BCUT2D eigenvalue weighted by Crippen LogP contribution is -2.10. The number of benzene rings is 2. The normalized spacial score (nSPS) is 11.6. The molecule has 0 unspecified atom stereocenters. The zero-order valence-electron chi connectivity index (χ0n) is 15.1. The van der Waals surface area contributed by atoms with Gasteiger partial charge in [-0.05, 0) is 54.1 Å². The molecule has 2 aromatic carbocycles. The summed E-state index contributed by atoms with van der Waals surface area (Å²) in [6, 6.07) is 18.0. The molecule has 2 heterocycles. The van der Waals surface area contributed by atoms with Crippen molar-refractivity contribution in [1.29, 1.82) is 0 Å². The Labute approximate surface area is 176 Å². The number of nitrogens with zero attached hydrogens (tertiary/aromatic N) is 2. The third-order valence-electron chi connectivity index (χ3n) is 4.18. The van der Waals surface area contributed by atoms with E-state index in [9.17, 15) is 4.79 Å². The van der Waals surface area contributed by atoms with E-state index in [4.69, 9.17) is 27.9 Å². The Hall–Kier alpha value is -3.15. The van der Waals surface area contributed by atoms with Crippen LogP contribution in [0.15, 0.2) is 71.7 Å². The predicted molar refractivity (Wildman–Crippen MR) is 116 cm³/mol. The molecule has 0 fully saturated rings. The van der Waals surface area contributed by atoms with E-state index in [-0.39, 0.29) is 11.4 Å². The minimum absolute atomic E-state index is 0.272. The fraction of sp³-hybridized carbons (Fsp3) is 0.0455. The van der Waals surface area contributed by atoms with Crippen LogP contribution in [-0.2, 0) is 6.61 Å². The van der Waals surface area contributed by atoms with Crippen molar-refractivity contribution in [3.63, 3.8) is 0 Å². The number of aromatic amines is 1. The van der Waals surface area contributed by atoms with Gasteiger partial charge in [0.25, 0.3) is 5.56 Å². The smallest absolute Gasteiger partial charge is 0.259 e. The predicted octanol–water partition coefficient (Wildman–Crippen LogP) is 5.29. The number of H-pyrrole nitrogens is 1. The highest BCUT2D eigenvalue weighted by molar-refractivity contribution is 6.50. The number of hydrogen-bond acceptors (Lipinski definition) is 4. The molecule has 0 bridgehead atoms. The van der Waals surface area contributed by atoms with Crippen molar-refractivity contribution >= 4 is 45.2 Å². The standard InChI is InChI=1S/C22H15Cl2N3O2/c23-15-6-9-18-20(12-15)26-21(27-22(18)28)19(24)11-14-4-7-17(8-5-14)29-13-16-3-1-2-10-25-16/h1-12H,13H2,(H,26,27,28)/b19-11+. The number of hydrogen-bond donors (Lipinski definition) is 1. The maximum atomic E-state index is 12.3. The van der Waals surface area contributed by atoms with E-state index in [2.05, 4.69) is 15.0 Å². The first-order valence-corrected chi connectivity index (χ1v) is 9.54. The summed E-state index contributed by atoms with van der Waals surface area (Å²) in [4.78, 5) is 23.6. The van der Waals surface area contributed by atoms with E-state index in [1.807, 2.05) is 42.5 Å². The van der Waals surface area contributed by atoms with Crippen molar-refractivity contribution < 1.29 is 4.74 Å². The number of pyridine rings is 1. The molecule has 0 saturated heterocycles. The first-order chi connectivity index (χ1) is 14.1. The Balaban J connectivity index is 1.53. The van der Waals surface area contributed by atoms with Gasteiger partial charge in [0.15, 0.2) is 5.82 Å². The molecule has 0 aliphatic rings. The Morgan fingerprint density at radius 2 is 1.93 bits per heavy atom. The Morgan fingerprint density at radius 1 is 1.10 bits per heavy atom. The number of aromatic nitrogens is 3. The van der Waals surface area contributed by atoms with E-state index in [0.29, 0.717) is 27.6 Å². The van der Waals surface area contributed by atoms with Gasteiger partial charge in [0.2, 0.25) is 0 Å². The van der Waals surface area contributed by atoms with E-state index >= 15 is 0 Å². The molecule has 0 aliphatic carbocycles. The van der Waals surface area contributed by atoms with Gasteiger partial charge < -0.3 is 9.72 Å². The van der Waals surface area contributed by atoms with Gasteiger partial charge in [-0.25, -0.2) is 4.98 Å². The molecule has 4 aromatic rings. The van der Waals surface area contributed by atoms with Crippen LogP contribution < -0.4 is 10.3 Å². The van der Waals surface area contributed by atoms with Crippen molar-refractivity contribution in [3.05, 3.63) is 99.3 Å². The minimum Gasteiger partial charge on any atom is -0.487 e. The van der Waals surface area contributed by atoms with Crippen molar-refractivity contribution in [2.75, 3.05) is 0 Å². The van der Waals surface area contributed by atoms with Crippen molar-refractivity contribution in [3.8, 4) is 5.75 Å². The minimum atomic E-state index is -0.272. The zero-order valence-corrected chi connectivity index (χ0v) is 16.6. The zero-order chi connectivity index (χ0) is 20.2. The van der Waals surface area contributed by atoms with Gasteiger partial charge in [0.1, 0.15) is 12.4 Å². The summed E-state index contributed by atoms with van der Waals surface area (Å²) in [5.41, 5.74) is 1.91. The average molecular weight is 424 g/mol. The van der Waals surface area contributed by atoms with Crippen LogP contribution in [0, 0.1) is 0 Å². The lowest BCUT2D eigenvalue weighted by Gasteiger charge is -2.06.